The lowest BCUT2D eigenvalue weighted by Crippen LogP contribution is -2.38. The third kappa shape index (κ3) is 7.56. The van der Waals surface area contributed by atoms with Crippen LogP contribution in [0.3, 0.4) is 0 Å². The highest BCUT2D eigenvalue weighted by Crippen LogP contribution is 2.28. The van der Waals surface area contributed by atoms with E-state index in [1.165, 1.54) is 11.1 Å². The lowest BCUT2D eigenvalue weighted by atomic mass is 10.1. The van der Waals surface area contributed by atoms with Crippen molar-refractivity contribution in [2.24, 2.45) is 11.6 Å². The molecule has 178 valence electrons. The zero-order chi connectivity index (χ0) is 23.6. The van der Waals surface area contributed by atoms with Crippen LogP contribution in [0, 0.1) is 0 Å². The molecule has 7 nitrogen and oxygen atoms in total. The summed E-state index contributed by atoms with van der Waals surface area (Å²) in [6.45, 7) is 5.37. The summed E-state index contributed by atoms with van der Waals surface area (Å²) in [6.07, 6.45) is 4.23. The summed E-state index contributed by atoms with van der Waals surface area (Å²) in [4.78, 5) is 9.78. The number of hydrogen-bond donors (Lipinski definition) is 5. The van der Waals surface area contributed by atoms with Crippen molar-refractivity contribution < 1.29 is 9.63 Å². The maximum Gasteiger partial charge on any atom is 0.105 e. The molecule has 33 heavy (non-hydrogen) atoms. The van der Waals surface area contributed by atoms with Gasteiger partial charge in [-0.15, -0.1) is 0 Å². The minimum Gasteiger partial charge on any atom is -0.500 e. The molecule has 1 heterocycles. The minimum atomic E-state index is -0.200. The van der Waals surface area contributed by atoms with Gasteiger partial charge in [-0.1, -0.05) is 61.2 Å². The molecule has 1 aliphatic heterocycles. The van der Waals surface area contributed by atoms with E-state index in [2.05, 4.69) is 41.5 Å². The predicted molar refractivity (Wildman–Crippen MR) is 136 cm³/mol. The van der Waals surface area contributed by atoms with Crippen LogP contribution in [-0.4, -0.2) is 35.6 Å². The fourth-order valence-electron chi connectivity index (χ4n) is 3.98. The van der Waals surface area contributed by atoms with E-state index in [4.69, 9.17) is 16.3 Å². The van der Waals surface area contributed by atoms with E-state index >= 15 is 0 Å². The van der Waals surface area contributed by atoms with Crippen molar-refractivity contribution in [2.75, 3.05) is 13.7 Å². The van der Waals surface area contributed by atoms with Gasteiger partial charge in [-0.2, -0.15) is 0 Å². The molecule has 0 spiro atoms. The zero-order valence-corrected chi connectivity index (χ0v) is 20.2. The molecule has 0 saturated carbocycles. The molecule has 1 saturated heterocycles. The largest absolute Gasteiger partial charge is 0.500 e. The predicted octanol–water partition coefficient (Wildman–Crippen LogP) is 2.86. The Bertz CT molecular complexity index is 924. The summed E-state index contributed by atoms with van der Waals surface area (Å²) in [5, 5.41) is 8.52. The molecular formula is C25H36N5O2P. The quantitative estimate of drug-likeness (QED) is 0.141. The second-order valence-corrected chi connectivity index (χ2v) is 9.18. The molecule has 1 aliphatic rings. The number of nitrogens with zero attached hydrogens (tertiary/aromatic N) is 1. The standard InChI is InChI=1S/C25H36N5O2P/c1-18(32-2)24-14-23(16-28-24)30(27)17-22(26)12-11-19-7-6-8-20(13-19)15-29-25(33-31)21-9-4-3-5-10-21/h3-10,13,17,23-25,28-29,31,33H,1,11-12,14-16,26-27H2,2H3/b22-17-. The summed E-state index contributed by atoms with van der Waals surface area (Å²) in [7, 11) is 1.43. The summed E-state index contributed by atoms with van der Waals surface area (Å²) >= 11 is 0. The highest BCUT2D eigenvalue weighted by Gasteiger charge is 2.28. The van der Waals surface area contributed by atoms with Crippen LogP contribution in [0.25, 0.3) is 0 Å². The first-order valence-electron chi connectivity index (χ1n) is 11.2. The Labute approximate surface area is 198 Å². The van der Waals surface area contributed by atoms with E-state index in [0.717, 1.165) is 42.8 Å². The van der Waals surface area contributed by atoms with Gasteiger partial charge in [-0.3, -0.25) is 0 Å². The van der Waals surface area contributed by atoms with Crippen molar-refractivity contribution in [1.82, 2.24) is 15.6 Å². The number of rotatable bonds is 12. The lowest BCUT2D eigenvalue weighted by molar-refractivity contribution is 0.251. The molecule has 1 fully saturated rings. The van der Waals surface area contributed by atoms with Gasteiger partial charge >= 0.3 is 0 Å². The SMILES string of the molecule is C=C(OC)C1CC(N(N)/C=C(\N)CCc2cccc(CNC(PO)c3ccccc3)c2)CN1. The van der Waals surface area contributed by atoms with E-state index in [9.17, 15) is 4.89 Å². The summed E-state index contributed by atoms with van der Waals surface area (Å²) in [5.41, 5.74) is 10.5. The molecule has 0 amide bonds. The van der Waals surface area contributed by atoms with Gasteiger partial charge in [0.25, 0.3) is 0 Å². The van der Waals surface area contributed by atoms with Crippen LogP contribution in [-0.2, 0) is 17.7 Å². The number of hydrazine groups is 1. The zero-order valence-electron chi connectivity index (χ0n) is 19.2. The van der Waals surface area contributed by atoms with Crippen LogP contribution < -0.4 is 22.2 Å². The first kappa shape index (κ1) is 25.2. The van der Waals surface area contributed by atoms with E-state index in [1.807, 2.05) is 36.5 Å². The third-order valence-electron chi connectivity index (χ3n) is 5.96. The molecule has 2 aromatic carbocycles. The van der Waals surface area contributed by atoms with Crippen molar-refractivity contribution in [3.8, 4) is 0 Å². The topological polar surface area (TPSA) is 109 Å². The van der Waals surface area contributed by atoms with E-state index in [0.29, 0.717) is 6.54 Å². The van der Waals surface area contributed by atoms with Crippen molar-refractivity contribution in [2.45, 2.75) is 43.7 Å². The lowest BCUT2D eigenvalue weighted by Gasteiger charge is -2.22. The second kappa shape index (κ2) is 12.7. The first-order valence-corrected chi connectivity index (χ1v) is 12.2. The Balaban J connectivity index is 1.49. The molecule has 8 heteroatoms. The molecule has 0 aliphatic carbocycles. The van der Waals surface area contributed by atoms with Gasteiger partial charge in [0.15, 0.2) is 0 Å². The molecule has 4 unspecified atom stereocenters. The van der Waals surface area contributed by atoms with Crippen LogP contribution in [0.15, 0.2) is 78.8 Å². The number of allylic oxidation sites excluding steroid dienone is 1. The van der Waals surface area contributed by atoms with E-state index in [-0.39, 0.29) is 26.7 Å². The highest BCUT2D eigenvalue weighted by molar-refractivity contribution is 7.31. The van der Waals surface area contributed by atoms with Gasteiger partial charge < -0.3 is 31.0 Å². The Kier molecular flexibility index (Phi) is 9.73. The van der Waals surface area contributed by atoms with Crippen LogP contribution in [0.4, 0.5) is 0 Å². The molecule has 4 atom stereocenters. The number of hydrogen-bond acceptors (Lipinski definition) is 7. The number of ether oxygens (including phenoxy) is 1. The average Bonchev–Trinajstić information content (AvgIpc) is 3.34. The normalized spacial score (nSPS) is 19.7. The third-order valence-corrected chi connectivity index (χ3v) is 6.76. The maximum atomic E-state index is 9.78. The molecule has 2 aromatic rings. The van der Waals surface area contributed by atoms with Gasteiger partial charge in [-0.05, 0) is 36.0 Å². The van der Waals surface area contributed by atoms with E-state index < -0.39 is 0 Å². The fraction of sp³-hybridized carbons (Fsp3) is 0.360. The van der Waals surface area contributed by atoms with Gasteiger partial charge in [0.05, 0.1) is 25.0 Å². The molecule has 0 bridgehead atoms. The average molecular weight is 470 g/mol. The van der Waals surface area contributed by atoms with E-state index in [1.54, 1.807) is 12.1 Å². The van der Waals surface area contributed by atoms with Crippen LogP contribution in [0.2, 0.25) is 0 Å². The molecule has 7 N–H and O–H groups in total. The molecular weight excluding hydrogens is 433 g/mol. The van der Waals surface area contributed by atoms with Gasteiger partial charge in [0.1, 0.15) is 5.76 Å². The van der Waals surface area contributed by atoms with Crippen molar-refractivity contribution in [3.63, 3.8) is 0 Å². The Morgan fingerprint density at radius 2 is 2.06 bits per heavy atom. The Hall–Kier alpha value is -2.41. The van der Waals surface area contributed by atoms with Crippen LogP contribution in [0.1, 0.15) is 35.3 Å². The number of methoxy groups -OCH3 is 1. The maximum absolute atomic E-state index is 9.78. The highest BCUT2D eigenvalue weighted by atomic mass is 31.1. The minimum absolute atomic E-state index is 0.0605. The number of nitrogens with two attached hydrogens (primary N) is 2. The monoisotopic (exact) mass is 469 g/mol. The Morgan fingerprint density at radius 1 is 1.30 bits per heavy atom. The number of aryl methyl sites for hydroxylation is 1. The molecule has 3 rings (SSSR count). The van der Waals surface area contributed by atoms with Gasteiger partial charge in [-0.25, -0.2) is 5.84 Å². The van der Waals surface area contributed by atoms with Crippen LogP contribution in [0.5, 0.6) is 0 Å². The Morgan fingerprint density at radius 3 is 2.79 bits per heavy atom. The summed E-state index contributed by atoms with van der Waals surface area (Å²) in [6, 6.07) is 18.7. The van der Waals surface area contributed by atoms with Gasteiger partial charge in [0, 0.05) is 33.8 Å². The number of nitrogens with one attached hydrogen (secondary N) is 2. The molecule has 0 aromatic heterocycles. The molecule has 0 radical (unpaired) electrons. The number of benzene rings is 2. The van der Waals surface area contributed by atoms with Gasteiger partial charge in [0.2, 0.25) is 0 Å². The van der Waals surface area contributed by atoms with Crippen molar-refractivity contribution >= 4 is 8.81 Å². The summed E-state index contributed by atoms with van der Waals surface area (Å²) in [5.74, 6) is 6.91. The second-order valence-electron chi connectivity index (χ2n) is 8.35. The van der Waals surface area contributed by atoms with Crippen LogP contribution >= 0.6 is 8.81 Å². The van der Waals surface area contributed by atoms with Crippen molar-refractivity contribution in [3.05, 3.63) is 95.5 Å². The first-order chi connectivity index (χ1) is 16.0. The fourth-order valence-corrected chi connectivity index (χ4v) is 4.52. The summed E-state index contributed by atoms with van der Waals surface area (Å²) < 4.78 is 5.23. The van der Waals surface area contributed by atoms with Crippen molar-refractivity contribution in [1.29, 1.82) is 0 Å². The smallest absolute Gasteiger partial charge is 0.105 e.